The maximum Gasteiger partial charge on any atom is 0.313 e. The van der Waals surface area contributed by atoms with Gasteiger partial charge in [0.15, 0.2) is 5.78 Å². The summed E-state index contributed by atoms with van der Waals surface area (Å²) in [5.41, 5.74) is -0.391. The van der Waals surface area contributed by atoms with E-state index in [9.17, 15) is 19.5 Å². The van der Waals surface area contributed by atoms with Crippen molar-refractivity contribution in [2.24, 2.45) is 5.41 Å². The highest BCUT2D eigenvalue weighted by molar-refractivity contribution is 8.00. The van der Waals surface area contributed by atoms with E-state index in [2.05, 4.69) is 0 Å². The van der Waals surface area contributed by atoms with Crippen LogP contribution in [0.5, 0.6) is 0 Å². The standard InChI is InChI=1S/C17H21NO5S/c1-23-12-17(16(21)22)7-8-18(11-17)15(20)10-24-9-14(19)13-5-3-2-4-6-13/h2-6H,7-12H2,1H3,(H,21,22). The molecule has 1 aliphatic rings. The first kappa shape index (κ1) is 18.5. The molecule has 0 bridgehead atoms. The number of amides is 1. The SMILES string of the molecule is COCC1(C(=O)O)CCN(C(=O)CSCC(=O)c2ccccc2)C1. The lowest BCUT2D eigenvalue weighted by atomic mass is 9.88. The van der Waals surface area contributed by atoms with Crippen molar-refractivity contribution in [3.8, 4) is 0 Å². The Hall–Kier alpha value is -1.86. The molecule has 1 amide bonds. The number of hydrogen-bond acceptors (Lipinski definition) is 5. The average Bonchev–Trinajstić information content (AvgIpc) is 3.01. The molecule has 0 aliphatic carbocycles. The van der Waals surface area contributed by atoms with Gasteiger partial charge in [-0.15, -0.1) is 11.8 Å². The van der Waals surface area contributed by atoms with Crippen molar-refractivity contribution >= 4 is 29.4 Å². The molecule has 0 saturated carbocycles. The van der Waals surface area contributed by atoms with E-state index in [1.54, 1.807) is 29.2 Å². The Bertz CT molecular complexity index is 606. The summed E-state index contributed by atoms with van der Waals surface area (Å²) < 4.78 is 5.01. The molecule has 1 saturated heterocycles. The zero-order chi connectivity index (χ0) is 17.6. The first-order valence-corrected chi connectivity index (χ1v) is 8.80. The second kappa shape index (κ2) is 8.30. The van der Waals surface area contributed by atoms with Crippen LogP contribution in [-0.4, -0.2) is 66.0 Å². The highest BCUT2D eigenvalue weighted by atomic mass is 32.2. The predicted octanol–water partition coefficient (Wildman–Crippen LogP) is 1.55. The van der Waals surface area contributed by atoms with Crippen LogP contribution < -0.4 is 0 Å². The molecule has 0 aromatic heterocycles. The molecular formula is C17H21NO5S. The lowest BCUT2D eigenvalue weighted by Gasteiger charge is -2.23. The van der Waals surface area contributed by atoms with Gasteiger partial charge in [-0.25, -0.2) is 0 Å². The van der Waals surface area contributed by atoms with Crippen molar-refractivity contribution in [1.82, 2.24) is 4.90 Å². The fraction of sp³-hybridized carbons (Fsp3) is 0.471. The minimum atomic E-state index is -1.02. The number of carboxylic acid groups (broad SMARTS) is 1. The Morgan fingerprint density at radius 2 is 1.96 bits per heavy atom. The summed E-state index contributed by atoms with van der Waals surface area (Å²) >= 11 is 1.25. The van der Waals surface area contributed by atoms with Crippen LogP contribution >= 0.6 is 11.8 Å². The van der Waals surface area contributed by atoms with Crippen molar-refractivity contribution in [3.63, 3.8) is 0 Å². The first-order valence-electron chi connectivity index (χ1n) is 7.64. The van der Waals surface area contributed by atoms with Crippen LogP contribution in [0.4, 0.5) is 0 Å². The molecule has 1 aliphatic heterocycles. The van der Waals surface area contributed by atoms with Crippen LogP contribution in [0, 0.1) is 5.41 Å². The summed E-state index contributed by atoms with van der Waals surface area (Å²) in [6.45, 7) is 0.648. The van der Waals surface area contributed by atoms with E-state index in [-0.39, 0.29) is 36.3 Å². The van der Waals surface area contributed by atoms with Gasteiger partial charge in [-0.2, -0.15) is 0 Å². The number of carboxylic acids is 1. The first-order chi connectivity index (χ1) is 11.5. The maximum atomic E-state index is 12.2. The van der Waals surface area contributed by atoms with E-state index < -0.39 is 11.4 Å². The number of ether oxygens (including phenoxy) is 1. The maximum absolute atomic E-state index is 12.2. The lowest BCUT2D eigenvalue weighted by Crippen LogP contribution is -2.40. The lowest BCUT2D eigenvalue weighted by molar-refractivity contribution is -0.151. The van der Waals surface area contributed by atoms with E-state index in [1.165, 1.54) is 18.9 Å². The van der Waals surface area contributed by atoms with Crippen LogP contribution in [0.3, 0.4) is 0 Å². The molecule has 0 radical (unpaired) electrons. The largest absolute Gasteiger partial charge is 0.481 e. The van der Waals surface area contributed by atoms with Gasteiger partial charge in [0.2, 0.25) is 5.91 Å². The van der Waals surface area contributed by atoms with E-state index >= 15 is 0 Å². The molecule has 1 aromatic carbocycles. The molecule has 130 valence electrons. The van der Waals surface area contributed by atoms with Crippen molar-refractivity contribution in [2.45, 2.75) is 6.42 Å². The molecule has 6 nitrogen and oxygen atoms in total. The van der Waals surface area contributed by atoms with Gasteiger partial charge in [0.25, 0.3) is 0 Å². The third-order valence-corrected chi connectivity index (χ3v) is 5.05. The van der Waals surface area contributed by atoms with Gasteiger partial charge in [-0.05, 0) is 6.42 Å². The van der Waals surface area contributed by atoms with Crippen LogP contribution in [0.2, 0.25) is 0 Å². The van der Waals surface area contributed by atoms with Crippen LogP contribution in [0.25, 0.3) is 0 Å². The quantitative estimate of drug-likeness (QED) is 0.716. The van der Waals surface area contributed by atoms with Crippen molar-refractivity contribution in [3.05, 3.63) is 35.9 Å². The van der Waals surface area contributed by atoms with E-state index in [0.717, 1.165) is 0 Å². The van der Waals surface area contributed by atoms with Gasteiger partial charge in [0.1, 0.15) is 5.41 Å². The summed E-state index contributed by atoms with van der Waals surface area (Å²) in [6, 6.07) is 8.94. The van der Waals surface area contributed by atoms with Crippen molar-refractivity contribution < 1.29 is 24.2 Å². The van der Waals surface area contributed by atoms with E-state index in [1.807, 2.05) is 6.07 Å². The van der Waals surface area contributed by atoms with Gasteiger partial charge in [-0.3, -0.25) is 14.4 Å². The van der Waals surface area contributed by atoms with Gasteiger partial charge >= 0.3 is 5.97 Å². The number of likely N-dealkylation sites (tertiary alicyclic amines) is 1. The number of methoxy groups -OCH3 is 1. The van der Waals surface area contributed by atoms with Gasteiger partial charge in [0, 0.05) is 25.8 Å². The monoisotopic (exact) mass is 351 g/mol. The molecule has 1 unspecified atom stereocenters. The minimum Gasteiger partial charge on any atom is -0.481 e. The molecular weight excluding hydrogens is 330 g/mol. The molecule has 0 spiro atoms. The normalized spacial score (nSPS) is 20.1. The second-order valence-corrected chi connectivity index (χ2v) is 6.85. The highest BCUT2D eigenvalue weighted by Crippen LogP contribution is 2.31. The zero-order valence-electron chi connectivity index (χ0n) is 13.6. The molecule has 1 heterocycles. The Balaban J connectivity index is 1.81. The topological polar surface area (TPSA) is 83.9 Å². The number of rotatable bonds is 8. The van der Waals surface area contributed by atoms with Crippen LogP contribution in [0.1, 0.15) is 16.8 Å². The highest BCUT2D eigenvalue weighted by Gasteiger charge is 2.46. The molecule has 1 fully saturated rings. The van der Waals surface area contributed by atoms with E-state index in [4.69, 9.17) is 4.74 Å². The Kier molecular flexibility index (Phi) is 6.39. The summed E-state index contributed by atoms with van der Waals surface area (Å²) in [4.78, 5) is 37.2. The van der Waals surface area contributed by atoms with Gasteiger partial charge in [0.05, 0.1) is 18.1 Å². The minimum absolute atomic E-state index is 0.0194. The second-order valence-electron chi connectivity index (χ2n) is 5.87. The fourth-order valence-corrected chi connectivity index (χ4v) is 3.56. The summed E-state index contributed by atoms with van der Waals surface area (Å²) in [5, 5.41) is 9.40. The van der Waals surface area contributed by atoms with Crippen LogP contribution in [0.15, 0.2) is 30.3 Å². The number of ketones is 1. The smallest absolute Gasteiger partial charge is 0.313 e. The Morgan fingerprint density at radius 1 is 1.25 bits per heavy atom. The number of carbonyl (C=O) groups excluding carboxylic acids is 2. The predicted molar refractivity (Wildman–Crippen MR) is 91.2 cm³/mol. The van der Waals surface area contributed by atoms with E-state index in [0.29, 0.717) is 18.5 Å². The molecule has 24 heavy (non-hydrogen) atoms. The van der Waals surface area contributed by atoms with Crippen molar-refractivity contribution in [2.75, 3.05) is 38.3 Å². The number of thioether (sulfide) groups is 1. The Morgan fingerprint density at radius 3 is 2.58 bits per heavy atom. The summed E-state index contributed by atoms with van der Waals surface area (Å²) in [7, 11) is 1.46. The molecule has 1 N–H and O–H groups in total. The number of aliphatic carboxylic acids is 1. The number of Topliss-reactive ketones (excluding diaryl/α,β-unsaturated/α-hetero) is 1. The third-order valence-electron chi connectivity index (χ3n) is 4.14. The summed E-state index contributed by atoms with van der Waals surface area (Å²) in [5.74, 6) is -0.701. The number of benzene rings is 1. The van der Waals surface area contributed by atoms with Crippen LogP contribution in [-0.2, 0) is 14.3 Å². The number of nitrogens with zero attached hydrogens (tertiary/aromatic N) is 1. The van der Waals surface area contributed by atoms with Gasteiger partial charge < -0.3 is 14.7 Å². The Labute approximate surface area is 145 Å². The molecule has 7 heteroatoms. The average molecular weight is 351 g/mol. The number of hydrogen-bond donors (Lipinski definition) is 1. The number of carbonyl (C=O) groups is 3. The van der Waals surface area contributed by atoms with Gasteiger partial charge in [-0.1, -0.05) is 30.3 Å². The van der Waals surface area contributed by atoms with Crippen molar-refractivity contribution in [1.29, 1.82) is 0 Å². The molecule has 1 atom stereocenters. The molecule has 2 rings (SSSR count). The fourth-order valence-electron chi connectivity index (χ4n) is 2.75. The summed E-state index contributed by atoms with van der Waals surface area (Å²) in [6.07, 6.45) is 0.384. The molecule has 1 aromatic rings. The zero-order valence-corrected chi connectivity index (χ0v) is 14.4. The third kappa shape index (κ3) is 4.36.